The van der Waals surface area contributed by atoms with E-state index in [1.807, 2.05) is 19.2 Å². The van der Waals surface area contributed by atoms with Crippen LogP contribution in [0.3, 0.4) is 0 Å². The van der Waals surface area contributed by atoms with Crippen LogP contribution in [0.1, 0.15) is 50.5 Å². The molecule has 0 spiro atoms. The summed E-state index contributed by atoms with van der Waals surface area (Å²) in [5.41, 5.74) is 1.28. The maximum Gasteiger partial charge on any atom is 0.269 e. The van der Waals surface area contributed by atoms with Gasteiger partial charge in [-0.3, -0.25) is 15.1 Å². The first-order valence-electron chi connectivity index (χ1n) is 11.6. The van der Waals surface area contributed by atoms with E-state index in [9.17, 15) is 10.1 Å². The quantitative estimate of drug-likeness (QED) is 0.122. The summed E-state index contributed by atoms with van der Waals surface area (Å²) < 4.78 is 11.9. The largest absolute Gasteiger partial charge is 0.376 e. The Morgan fingerprint density at radius 3 is 2.59 bits per heavy atom. The van der Waals surface area contributed by atoms with Gasteiger partial charge in [-0.2, -0.15) is 0 Å². The molecular weight excluding hydrogens is 523 g/mol. The second-order valence-electron chi connectivity index (χ2n) is 8.36. The van der Waals surface area contributed by atoms with Crippen LogP contribution in [0.15, 0.2) is 29.3 Å². The van der Waals surface area contributed by atoms with Crippen molar-refractivity contribution in [3.8, 4) is 0 Å². The minimum atomic E-state index is -0.362. The predicted octanol–water partition coefficient (Wildman–Crippen LogP) is 4.16. The Hall–Kier alpha value is -1.46. The van der Waals surface area contributed by atoms with Crippen molar-refractivity contribution < 1.29 is 14.4 Å². The van der Waals surface area contributed by atoms with Crippen molar-refractivity contribution in [3.63, 3.8) is 0 Å². The first kappa shape index (κ1) is 26.8. The van der Waals surface area contributed by atoms with Gasteiger partial charge in [0.05, 0.1) is 23.7 Å². The van der Waals surface area contributed by atoms with Gasteiger partial charge in [-0.15, -0.1) is 24.0 Å². The highest BCUT2D eigenvalue weighted by atomic mass is 127. The van der Waals surface area contributed by atoms with E-state index in [1.54, 1.807) is 12.1 Å². The molecule has 0 radical (unpaired) electrons. The summed E-state index contributed by atoms with van der Waals surface area (Å²) in [7, 11) is 1.84. The minimum absolute atomic E-state index is 0. The summed E-state index contributed by atoms with van der Waals surface area (Å²) in [6.07, 6.45) is 9.18. The van der Waals surface area contributed by atoms with E-state index in [2.05, 4.69) is 15.2 Å². The Labute approximate surface area is 208 Å². The van der Waals surface area contributed by atoms with Crippen molar-refractivity contribution in [2.45, 2.75) is 63.6 Å². The molecule has 2 saturated heterocycles. The van der Waals surface area contributed by atoms with E-state index in [0.717, 1.165) is 82.9 Å². The molecule has 3 rings (SSSR count). The predicted molar refractivity (Wildman–Crippen MR) is 137 cm³/mol. The van der Waals surface area contributed by atoms with Crippen molar-refractivity contribution in [1.29, 1.82) is 0 Å². The van der Waals surface area contributed by atoms with Gasteiger partial charge in [-0.05, 0) is 56.9 Å². The molecular formula is C23H37IN4O4. The number of ether oxygens (including phenoxy) is 2. The average Bonchev–Trinajstić information content (AvgIpc) is 2.81. The number of nitro groups is 1. The zero-order chi connectivity index (χ0) is 21.9. The van der Waals surface area contributed by atoms with Crippen LogP contribution in [-0.2, 0) is 15.9 Å². The van der Waals surface area contributed by atoms with Gasteiger partial charge in [0.1, 0.15) is 0 Å². The summed E-state index contributed by atoms with van der Waals surface area (Å²) in [6.45, 7) is 4.39. The van der Waals surface area contributed by atoms with E-state index < -0.39 is 0 Å². The van der Waals surface area contributed by atoms with Crippen LogP contribution in [-0.4, -0.2) is 67.9 Å². The lowest BCUT2D eigenvalue weighted by atomic mass is 10.1. The van der Waals surface area contributed by atoms with Crippen LogP contribution in [0.4, 0.5) is 5.69 Å². The number of aryl methyl sites for hydroxylation is 1. The van der Waals surface area contributed by atoms with E-state index >= 15 is 0 Å². The lowest BCUT2D eigenvalue weighted by Gasteiger charge is -2.35. The monoisotopic (exact) mass is 560 g/mol. The third kappa shape index (κ3) is 8.82. The van der Waals surface area contributed by atoms with Crippen LogP contribution in [0.5, 0.6) is 0 Å². The van der Waals surface area contributed by atoms with E-state index in [1.165, 1.54) is 12.8 Å². The molecule has 0 aliphatic carbocycles. The number of nitro benzene ring substituents is 1. The van der Waals surface area contributed by atoms with Crippen LogP contribution < -0.4 is 5.32 Å². The van der Waals surface area contributed by atoms with E-state index in [-0.39, 0.29) is 40.7 Å². The molecule has 1 aromatic rings. The van der Waals surface area contributed by atoms with Gasteiger partial charge in [0.15, 0.2) is 5.96 Å². The highest BCUT2D eigenvalue weighted by molar-refractivity contribution is 14.0. The fraction of sp³-hybridized carbons (Fsp3) is 0.696. The topological polar surface area (TPSA) is 89.2 Å². The number of rotatable bonds is 9. The van der Waals surface area contributed by atoms with Gasteiger partial charge in [-0.25, -0.2) is 0 Å². The third-order valence-corrected chi connectivity index (χ3v) is 6.07. The zero-order valence-corrected chi connectivity index (χ0v) is 21.4. The Balaban J connectivity index is 0.00000363. The Morgan fingerprint density at radius 1 is 1.22 bits per heavy atom. The summed E-state index contributed by atoms with van der Waals surface area (Å²) in [5, 5.41) is 14.2. The first-order valence-corrected chi connectivity index (χ1v) is 11.6. The van der Waals surface area contributed by atoms with Gasteiger partial charge < -0.3 is 19.7 Å². The smallest absolute Gasteiger partial charge is 0.269 e. The Bertz CT molecular complexity index is 702. The Morgan fingerprint density at radius 2 is 1.97 bits per heavy atom. The average molecular weight is 560 g/mol. The molecule has 1 N–H and O–H groups in total. The number of hydrogen-bond donors (Lipinski definition) is 1. The number of aliphatic imine (C=N–C) groups is 1. The highest BCUT2D eigenvalue weighted by Crippen LogP contribution is 2.18. The molecule has 2 heterocycles. The molecule has 0 saturated carbocycles. The molecule has 9 heteroatoms. The van der Waals surface area contributed by atoms with Crippen molar-refractivity contribution >= 4 is 35.6 Å². The summed E-state index contributed by atoms with van der Waals surface area (Å²) >= 11 is 0. The lowest BCUT2D eigenvalue weighted by molar-refractivity contribution is -0.384. The van der Waals surface area contributed by atoms with Crippen LogP contribution in [0.25, 0.3) is 0 Å². The minimum Gasteiger partial charge on any atom is -0.376 e. The zero-order valence-electron chi connectivity index (χ0n) is 19.0. The number of guanidine groups is 1. The summed E-state index contributed by atoms with van der Waals surface area (Å²) in [4.78, 5) is 17.1. The molecule has 1 aromatic carbocycles. The van der Waals surface area contributed by atoms with E-state index in [4.69, 9.17) is 9.47 Å². The number of benzene rings is 1. The molecule has 1 unspecified atom stereocenters. The van der Waals surface area contributed by atoms with Crippen molar-refractivity contribution in [3.05, 3.63) is 39.9 Å². The fourth-order valence-corrected chi connectivity index (χ4v) is 4.19. The molecule has 1 atom stereocenters. The normalized spacial score (nSPS) is 20.0. The number of unbranched alkanes of at least 4 members (excludes halogenated alkanes) is 1. The van der Waals surface area contributed by atoms with Crippen molar-refractivity contribution in [1.82, 2.24) is 10.2 Å². The third-order valence-electron chi connectivity index (χ3n) is 6.07. The number of nitrogens with one attached hydrogen (secondary N) is 1. The van der Waals surface area contributed by atoms with Crippen molar-refractivity contribution in [2.75, 3.05) is 39.9 Å². The lowest BCUT2D eigenvalue weighted by Crippen LogP contribution is -2.47. The standard InChI is InChI=1S/C23H36N4O4.HI/c1-24-23(25-14-4-2-6-19-8-10-20(11-9-19)27(28)29)26-15-12-21(13-16-26)31-18-22-7-3-5-17-30-22;/h8-11,21-22H,2-7,12-18H2,1H3,(H,24,25);1H. The summed E-state index contributed by atoms with van der Waals surface area (Å²) in [5.74, 6) is 0.962. The molecule has 2 aliphatic heterocycles. The highest BCUT2D eigenvalue weighted by Gasteiger charge is 2.23. The van der Waals surface area contributed by atoms with Gasteiger partial charge in [0.25, 0.3) is 5.69 Å². The number of non-ortho nitro benzene ring substituents is 1. The number of nitrogens with zero attached hydrogens (tertiary/aromatic N) is 3. The molecule has 0 amide bonds. The van der Waals surface area contributed by atoms with Gasteiger partial charge in [-0.1, -0.05) is 12.1 Å². The maximum atomic E-state index is 10.7. The maximum absolute atomic E-state index is 10.7. The number of halogens is 1. The second-order valence-corrected chi connectivity index (χ2v) is 8.36. The van der Waals surface area contributed by atoms with Gasteiger partial charge in [0.2, 0.25) is 0 Å². The molecule has 8 nitrogen and oxygen atoms in total. The molecule has 0 bridgehead atoms. The first-order chi connectivity index (χ1) is 15.2. The molecule has 180 valence electrons. The van der Waals surface area contributed by atoms with E-state index in [0.29, 0.717) is 6.10 Å². The van der Waals surface area contributed by atoms with Gasteiger partial charge in [0, 0.05) is 45.4 Å². The van der Waals surface area contributed by atoms with Crippen molar-refractivity contribution in [2.24, 2.45) is 4.99 Å². The molecule has 2 fully saturated rings. The molecule has 32 heavy (non-hydrogen) atoms. The molecule has 0 aromatic heterocycles. The van der Waals surface area contributed by atoms with Gasteiger partial charge >= 0.3 is 0 Å². The van der Waals surface area contributed by atoms with Crippen LogP contribution in [0, 0.1) is 10.1 Å². The number of likely N-dealkylation sites (tertiary alicyclic amines) is 1. The SMILES string of the molecule is CN=C(NCCCCc1ccc([N+](=O)[O-])cc1)N1CCC(OCC2CCCCO2)CC1.I. The number of hydrogen-bond acceptors (Lipinski definition) is 5. The van der Waals surface area contributed by atoms with Crippen LogP contribution >= 0.6 is 24.0 Å². The van der Waals surface area contributed by atoms with Crippen LogP contribution in [0.2, 0.25) is 0 Å². The Kier molecular flexibility index (Phi) is 12.3. The fourth-order valence-electron chi connectivity index (χ4n) is 4.19. The summed E-state index contributed by atoms with van der Waals surface area (Å²) in [6, 6.07) is 6.84. The second kappa shape index (κ2) is 14.6. The number of piperidine rings is 1. The molecule has 2 aliphatic rings.